The molecule has 0 aliphatic carbocycles. The van der Waals surface area contributed by atoms with Gasteiger partial charge in [-0.3, -0.25) is 19.7 Å². The SMILES string of the molecule is O=C(CSc1ccc(C(=O)Nc2ccccc2C(F)(F)F)cc1[N+](=O)[O-])NCCc1ccccc1. The number of thioether (sulfide) groups is 1. The number of carbonyl (C=O) groups is 2. The van der Waals surface area contributed by atoms with Crippen LogP contribution in [-0.4, -0.2) is 29.0 Å². The number of benzene rings is 3. The molecule has 0 aliphatic rings. The van der Waals surface area contributed by atoms with Crippen LogP contribution >= 0.6 is 11.8 Å². The largest absolute Gasteiger partial charge is 0.418 e. The fourth-order valence-electron chi connectivity index (χ4n) is 3.14. The Morgan fingerprint density at radius 3 is 2.34 bits per heavy atom. The molecule has 0 radical (unpaired) electrons. The predicted molar refractivity (Wildman–Crippen MR) is 126 cm³/mol. The third-order valence-electron chi connectivity index (χ3n) is 4.84. The van der Waals surface area contributed by atoms with Gasteiger partial charge in [0.05, 0.1) is 26.8 Å². The Morgan fingerprint density at radius 1 is 0.971 bits per heavy atom. The molecule has 35 heavy (non-hydrogen) atoms. The first-order chi connectivity index (χ1) is 16.6. The highest BCUT2D eigenvalue weighted by molar-refractivity contribution is 8.00. The molecule has 7 nitrogen and oxygen atoms in total. The van der Waals surface area contributed by atoms with E-state index in [-0.39, 0.29) is 22.1 Å². The number of nitrogens with zero attached hydrogens (tertiary/aromatic N) is 1. The summed E-state index contributed by atoms with van der Waals surface area (Å²) in [6, 6.07) is 17.5. The van der Waals surface area contributed by atoms with Crippen LogP contribution in [0.5, 0.6) is 0 Å². The van der Waals surface area contributed by atoms with Gasteiger partial charge in [-0.25, -0.2) is 0 Å². The number of carbonyl (C=O) groups excluding carboxylic acids is 2. The summed E-state index contributed by atoms with van der Waals surface area (Å²) in [7, 11) is 0. The van der Waals surface area contributed by atoms with Crippen molar-refractivity contribution in [2.75, 3.05) is 17.6 Å². The second kappa shape index (κ2) is 11.5. The molecular weight excluding hydrogens is 483 g/mol. The van der Waals surface area contributed by atoms with Crippen LogP contribution in [0, 0.1) is 10.1 Å². The van der Waals surface area contributed by atoms with E-state index in [0.29, 0.717) is 13.0 Å². The van der Waals surface area contributed by atoms with Crippen LogP contribution in [0.4, 0.5) is 24.5 Å². The molecule has 0 saturated heterocycles. The molecule has 0 bridgehead atoms. The van der Waals surface area contributed by atoms with Crippen molar-refractivity contribution >= 4 is 35.0 Å². The Bertz CT molecular complexity index is 1220. The number of halogens is 3. The monoisotopic (exact) mass is 503 g/mol. The maximum atomic E-state index is 13.2. The number of hydrogen-bond donors (Lipinski definition) is 2. The fourth-order valence-corrected chi connectivity index (χ4v) is 3.98. The Kier molecular flexibility index (Phi) is 8.48. The van der Waals surface area contributed by atoms with Crippen molar-refractivity contribution < 1.29 is 27.7 Å². The number of nitrogens with one attached hydrogen (secondary N) is 2. The lowest BCUT2D eigenvalue weighted by Gasteiger charge is -2.13. The Balaban J connectivity index is 1.64. The molecule has 2 amide bonds. The summed E-state index contributed by atoms with van der Waals surface area (Å²) < 4.78 is 39.5. The zero-order valence-electron chi connectivity index (χ0n) is 18.2. The maximum Gasteiger partial charge on any atom is 0.418 e. The van der Waals surface area contributed by atoms with Gasteiger partial charge < -0.3 is 10.6 Å². The summed E-state index contributed by atoms with van der Waals surface area (Å²) in [5.41, 5.74) is -1.05. The van der Waals surface area contributed by atoms with Gasteiger partial charge >= 0.3 is 6.18 Å². The van der Waals surface area contributed by atoms with E-state index < -0.39 is 33.9 Å². The standard InChI is InChI=1S/C24H20F3N3O4S/c25-24(26,27)18-8-4-5-9-19(18)29-23(32)17-10-11-21(20(14-17)30(33)34)35-15-22(31)28-13-12-16-6-2-1-3-7-16/h1-11,14H,12-13,15H2,(H,28,31)(H,29,32). The second-order valence-electron chi connectivity index (χ2n) is 7.31. The summed E-state index contributed by atoms with van der Waals surface area (Å²) >= 11 is 0.926. The number of hydrogen-bond acceptors (Lipinski definition) is 5. The topological polar surface area (TPSA) is 101 Å². The van der Waals surface area contributed by atoms with Gasteiger partial charge in [0.1, 0.15) is 0 Å². The lowest BCUT2D eigenvalue weighted by Crippen LogP contribution is -2.27. The normalized spacial score (nSPS) is 11.1. The molecule has 0 aliphatic heterocycles. The maximum absolute atomic E-state index is 13.2. The van der Waals surface area contributed by atoms with Gasteiger partial charge in [-0.05, 0) is 36.2 Å². The summed E-state index contributed by atoms with van der Waals surface area (Å²) in [4.78, 5) is 35.6. The summed E-state index contributed by atoms with van der Waals surface area (Å²) in [6.45, 7) is 0.407. The van der Waals surface area contributed by atoms with Crippen LogP contribution in [0.1, 0.15) is 21.5 Å². The van der Waals surface area contributed by atoms with Gasteiger partial charge in [0.25, 0.3) is 11.6 Å². The van der Waals surface area contributed by atoms with E-state index >= 15 is 0 Å². The minimum absolute atomic E-state index is 0.0832. The molecule has 0 aromatic heterocycles. The lowest BCUT2D eigenvalue weighted by molar-refractivity contribution is -0.387. The van der Waals surface area contributed by atoms with Gasteiger partial charge in [0.2, 0.25) is 5.91 Å². The second-order valence-corrected chi connectivity index (χ2v) is 8.33. The molecule has 3 rings (SSSR count). The molecule has 0 atom stereocenters. The first-order valence-corrected chi connectivity index (χ1v) is 11.3. The molecule has 0 unspecified atom stereocenters. The fraction of sp³-hybridized carbons (Fsp3) is 0.167. The van der Waals surface area contributed by atoms with E-state index in [0.717, 1.165) is 35.5 Å². The highest BCUT2D eigenvalue weighted by atomic mass is 32.2. The van der Waals surface area contributed by atoms with E-state index in [2.05, 4.69) is 10.6 Å². The minimum Gasteiger partial charge on any atom is -0.355 e. The van der Waals surface area contributed by atoms with Crippen molar-refractivity contribution in [3.8, 4) is 0 Å². The number of nitro groups is 1. The first kappa shape index (κ1) is 25.8. The zero-order valence-corrected chi connectivity index (χ0v) is 19.0. The van der Waals surface area contributed by atoms with E-state index in [1.807, 2.05) is 30.3 Å². The first-order valence-electron chi connectivity index (χ1n) is 10.3. The van der Waals surface area contributed by atoms with Crippen molar-refractivity contribution in [2.45, 2.75) is 17.5 Å². The summed E-state index contributed by atoms with van der Waals surface area (Å²) in [6.07, 6.45) is -4.04. The molecule has 182 valence electrons. The van der Waals surface area contributed by atoms with E-state index in [4.69, 9.17) is 0 Å². The molecule has 0 spiro atoms. The molecule has 3 aromatic carbocycles. The van der Waals surface area contributed by atoms with E-state index in [1.165, 1.54) is 24.3 Å². The molecule has 11 heteroatoms. The third-order valence-corrected chi connectivity index (χ3v) is 5.90. The van der Waals surface area contributed by atoms with Crippen LogP contribution in [-0.2, 0) is 17.4 Å². The number of anilines is 1. The van der Waals surface area contributed by atoms with Crippen molar-refractivity contribution in [3.63, 3.8) is 0 Å². The van der Waals surface area contributed by atoms with Crippen LogP contribution in [0.15, 0.2) is 77.7 Å². The molecule has 0 fully saturated rings. The molecule has 3 aromatic rings. The van der Waals surface area contributed by atoms with Crippen LogP contribution < -0.4 is 10.6 Å². The third kappa shape index (κ3) is 7.31. The average molecular weight is 504 g/mol. The van der Waals surface area contributed by atoms with Gasteiger partial charge in [-0.1, -0.05) is 42.5 Å². The molecule has 0 saturated carbocycles. The van der Waals surface area contributed by atoms with Gasteiger partial charge in [-0.2, -0.15) is 13.2 Å². The van der Waals surface area contributed by atoms with Crippen LogP contribution in [0.25, 0.3) is 0 Å². The smallest absolute Gasteiger partial charge is 0.355 e. The van der Waals surface area contributed by atoms with Crippen LogP contribution in [0.2, 0.25) is 0 Å². The lowest BCUT2D eigenvalue weighted by atomic mass is 10.1. The quantitative estimate of drug-likeness (QED) is 0.234. The van der Waals surface area contributed by atoms with Gasteiger partial charge in [0.15, 0.2) is 0 Å². The molecule has 0 heterocycles. The Labute approximate surface area is 202 Å². The predicted octanol–water partition coefficient (Wildman–Crippen LogP) is 5.32. The van der Waals surface area contributed by atoms with Crippen molar-refractivity contribution in [3.05, 3.63) is 99.6 Å². The van der Waals surface area contributed by atoms with Gasteiger partial charge in [0, 0.05) is 18.2 Å². The van der Waals surface area contributed by atoms with E-state index in [9.17, 15) is 32.9 Å². The number of para-hydroxylation sites is 1. The number of alkyl halides is 3. The minimum atomic E-state index is -4.68. The number of amides is 2. The van der Waals surface area contributed by atoms with Gasteiger partial charge in [-0.15, -0.1) is 11.8 Å². The molecular formula is C24H20F3N3O4S. The number of nitro benzene ring substituents is 1. The van der Waals surface area contributed by atoms with E-state index in [1.54, 1.807) is 0 Å². The highest BCUT2D eigenvalue weighted by Crippen LogP contribution is 2.35. The van der Waals surface area contributed by atoms with Crippen molar-refractivity contribution in [1.29, 1.82) is 0 Å². The van der Waals surface area contributed by atoms with Crippen molar-refractivity contribution in [1.82, 2.24) is 5.32 Å². The zero-order chi connectivity index (χ0) is 25.4. The van der Waals surface area contributed by atoms with Crippen LogP contribution in [0.3, 0.4) is 0 Å². The Morgan fingerprint density at radius 2 is 1.66 bits per heavy atom. The van der Waals surface area contributed by atoms with Crippen molar-refractivity contribution in [2.24, 2.45) is 0 Å². The summed E-state index contributed by atoms with van der Waals surface area (Å²) in [5.74, 6) is -1.33. The molecule has 2 N–H and O–H groups in total. The summed E-state index contributed by atoms with van der Waals surface area (Å²) in [5, 5.41) is 16.4. The number of rotatable bonds is 9. The average Bonchev–Trinajstić information content (AvgIpc) is 2.83. The highest BCUT2D eigenvalue weighted by Gasteiger charge is 2.33. The Hall–Kier alpha value is -3.86.